The first kappa shape index (κ1) is 11.7. The number of benzene rings is 2. The SMILES string of the molecule is NC1(C(=O)Nc2ccc3c(c2)Cc2ccccc2-3)CC1. The molecule has 100 valence electrons. The van der Waals surface area contributed by atoms with Gasteiger partial charge < -0.3 is 11.1 Å². The second kappa shape index (κ2) is 3.93. The molecule has 0 radical (unpaired) electrons. The first-order valence-corrected chi connectivity index (χ1v) is 6.97. The lowest BCUT2D eigenvalue weighted by Gasteiger charge is -2.11. The summed E-state index contributed by atoms with van der Waals surface area (Å²) >= 11 is 0. The Morgan fingerprint density at radius 3 is 2.60 bits per heavy atom. The van der Waals surface area contributed by atoms with Crippen molar-refractivity contribution in [1.82, 2.24) is 0 Å². The second-order valence-corrected chi connectivity index (χ2v) is 5.82. The van der Waals surface area contributed by atoms with Crippen LogP contribution < -0.4 is 11.1 Å². The Kier molecular flexibility index (Phi) is 2.30. The molecule has 0 atom stereocenters. The molecule has 3 N–H and O–H groups in total. The van der Waals surface area contributed by atoms with Gasteiger partial charge in [-0.05, 0) is 53.6 Å². The van der Waals surface area contributed by atoms with E-state index in [1.165, 1.54) is 22.3 Å². The summed E-state index contributed by atoms with van der Waals surface area (Å²) in [7, 11) is 0. The predicted molar refractivity (Wildman–Crippen MR) is 79.5 cm³/mol. The number of anilines is 1. The van der Waals surface area contributed by atoms with Crippen LogP contribution in [0, 0.1) is 0 Å². The van der Waals surface area contributed by atoms with Crippen LogP contribution in [0.1, 0.15) is 24.0 Å². The van der Waals surface area contributed by atoms with E-state index in [1.54, 1.807) is 0 Å². The van der Waals surface area contributed by atoms with E-state index in [-0.39, 0.29) is 5.91 Å². The zero-order valence-corrected chi connectivity index (χ0v) is 11.1. The minimum atomic E-state index is -0.623. The molecule has 3 heteroatoms. The Labute approximate surface area is 117 Å². The van der Waals surface area contributed by atoms with Crippen LogP contribution in [0.15, 0.2) is 42.5 Å². The molecule has 0 spiro atoms. The van der Waals surface area contributed by atoms with E-state index in [0.29, 0.717) is 0 Å². The highest BCUT2D eigenvalue weighted by Crippen LogP contribution is 2.38. The van der Waals surface area contributed by atoms with E-state index in [9.17, 15) is 4.79 Å². The third-order valence-electron chi connectivity index (χ3n) is 4.29. The quantitative estimate of drug-likeness (QED) is 0.747. The lowest BCUT2D eigenvalue weighted by atomic mass is 10.1. The highest BCUT2D eigenvalue weighted by molar-refractivity contribution is 6.00. The molecule has 1 amide bonds. The van der Waals surface area contributed by atoms with E-state index < -0.39 is 5.54 Å². The third-order valence-corrected chi connectivity index (χ3v) is 4.29. The molecular weight excluding hydrogens is 248 g/mol. The van der Waals surface area contributed by atoms with Gasteiger partial charge >= 0.3 is 0 Å². The summed E-state index contributed by atoms with van der Waals surface area (Å²) in [5.41, 5.74) is 11.3. The largest absolute Gasteiger partial charge is 0.324 e. The molecule has 0 aliphatic heterocycles. The van der Waals surface area contributed by atoms with Gasteiger partial charge in [-0.2, -0.15) is 0 Å². The number of hydrogen-bond acceptors (Lipinski definition) is 2. The van der Waals surface area contributed by atoms with Crippen molar-refractivity contribution in [3.8, 4) is 11.1 Å². The fraction of sp³-hybridized carbons (Fsp3) is 0.235. The lowest BCUT2D eigenvalue weighted by molar-refractivity contribution is -0.118. The average Bonchev–Trinajstić information content (AvgIpc) is 3.10. The number of fused-ring (bicyclic) bond motifs is 3. The molecule has 4 rings (SSSR count). The number of rotatable bonds is 2. The van der Waals surface area contributed by atoms with Crippen molar-refractivity contribution < 1.29 is 4.79 Å². The molecule has 2 aromatic carbocycles. The number of carbonyl (C=O) groups excluding carboxylic acids is 1. The predicted octanol–water partition coefficient (Wildman–Crippen LogP) is 2.69. The monoisotopic (exact) mass is 264 g/mol. The van der Waals surface area contributed by atoms with E-state index in [4.69, 9.17) is 5.73 Å². The van der Waals surface area contributed by atoms with Crippen LogP contribution in [0.2, 0.25) is 0 Å². The minimum absolute atomic E-state index is 0.0621. The zero-order chi connectivity index (χ0) is 13.7. The molecular formula is C17H16N2O. The van der Waals surface area contributed by atoms with Gasteiger partial charge in [0, 0.05) is 5.69 Å². The topological polar surface area (TPSA) is 55.1 Å². The van der Waals surface area contributed by atoms with Crippen molar-refractivity contribution >= 4 is 11.6 Å². The molecule has 0 saturated heterocycles. The molecule has 0 aromatic heterocycles. The van der Waals surface area contributed by atoms with Gasteiger partial charge in [-0.1, -0.05) is 30.3 Å². The summed E-state index contributed by atoms with van der Waals surface area (Å²) < 4.78 is 0. The highest BCUT2D eigenvalue weighted by atomic mass is 16.2. The molecule has 3 nitrogen and oxygen atoms in total. The van der Waals surface area contributed by atoms with Crippen LogP contribution in [0.4, 0.5) is 5.69 Å². The highest BCUT2D eigenvalue weighted by Gasteiger charge is 2.45. The van der Waals surface area contributed by atoms with E-state index in [2.05, 4.69) is 41.7 Å². The van der Waals surface area contributed by atoms with Crippen molar-refractivity contribution in [2.75, 3.05) is 5.32 Å². The third kappa shape index (κ3) is 1.74. The summed E-state index contributed by atoms with van der Waals surface area (Å²) in [5.74, 6) is -0.0621. The van der Waals surface area contributed by atoms with Gasteiger partial charge in [0.05, 0.1) is 5.54 Å². The number of nitrogens with two attached hydrogens (primary N) is 1. The Balaban J connectivity index is 1.64. The van der Waals surface area contributed by atoms with Crippen molar-refractivity contribution in [3.63, 3.8) is 0 Å². The fourth-order valence-electron chi connectivity index (χ4n) is 2.84. The number of hydrogen-bond donors (Lipinski definition) is 2. The van der Waals surface area contributed by atoms with Crippen LogP contribution >= 0.6 is 0 Å². The molecule has 2 aliphatic carbocycles. The van der Waals surface area contributed by atoms with E-state index in [0.717, 1.165) is 24.9 Å². The molecule has 0 unspecified atom stereocenters. The average molecular weight is 264 g/mol. The molecule has 1 fully saturated rings. The Bertz CT molecular complexity index is 717. The summed E-state index contributed by atoms with van der Waals surface area (Å²) in [6, 6.07) is 14.6. The fourth-order valence-corrected chi connectivity index (χ4v) is 2.84. The Hall–Kier alpha value is -2.13. The molecule has 0 heterocycles. The van der Waals surface area contributed by atoms with Crippen molar-refractivity contribution in [2.24, 2.45) is 5.73 Å². The smallest absolute Gasteiger partial charge is 0.244 e. The standard InChI is InChI=1S/C17H16N2O/c18-17(7-8-17)16(20)19-13-5-6-15-12(10-13)9-11-3-1-2-4-14(11)15/h1-6,10H,7-9,18H2,(H,19,20). The molecule has 20 heavy (non-hydrogen) atoms. The maximum Gasteiger partial charge on any atom is 0.244 e. The zero-order valence-electron chi connectivity index (χ0n) is 11.1. The summed E-state index contributed by atoms with van der Waals surface area (Å²) in [6.45, 7) is 0. The molecule has 2 aliphatic rings. The van der Waals surface area contributed by atoms with Crippen molar-refractivity contribution in [3.05, 3.63) is 53.6 Å². The maximum absolute atomic E-state index is 12.0. The van der Waals surface area contributed by atoms with Gasteiger partial charge in [-0.3, -0.25) is 4.79 Å². The van der Waals surface area contributed by atoms with Gasteiger partial charge in [-0.25, -0.2) is 0 Å². The van der Waals surface area contributed by atoms with Gasteiger partial charge in [0.1, 0.15) is 0 Å². The normalized spacial score (nSPS) is 17.2. The minimum Gasteiger partial charge on any atom is -0.324 e. The summed E-state index contributed by atoms with van der Waals surface area (Å²) in [5, 5.41) is 2.94. The Morgan fingerprint density at radius 1 is 1.05 bits per heavy atom. The first-order valence-electron chi connectivity index (χ1n) is 6.97. The maximum atomic E-state index is 12.0. The van der Waals surface area contributed by atoms with Crippen molar-refractivity contribution in [1.29, 1.82) is 0 Å². The van der Waals surface area contributed by atoms with Crippen LogP contribution in [-0.2, 0) is 11.2 Å². The molecule has 1 saturated carbocycles. The van der Waals surface area contributed by atoms with Gasteiger partial charge in [0.15, 0.2) is 0 Å². The summed E-state index contributed by atoms with van der Waals surface area (Å²) in [4.78, 5) is 12.0. The van der Waals surface area contributed by atoms with E-state index >= 15 is 0 Å². The van der Waals surface area contributed by atoms with Crippen LogP contribution in [-0.4, -0.2) is 11.4 Å². The number of nitrogens with one attached hydrogen (secondary N) is 1. The summed E-state index contributed by atoms with van der Waals surface area (Å²) in [6.07, 6.45) is 2.51. The number of amides is 1. The van der Waals surface area contributed by atoms with Crippen molar-refractivity contribution in [2.45, 2.75) is 24.8 Å². The van der Waals surface area contributed by atoms with Gasteiger partial charge in [0.25, 0.3) is 0 Å². The molecule has 0 bridgehead atoms. The lowest BCUT2D eigenvalue weighted by Crippen LogP contribution is -2.37. The van der Waals surface area contributed by atoms with Crippen LogP contribution in [0.25, 0.3) is 11.1 Å². The van der Waals surface area contributed by atoms with Crippen LogP contribution in [0.5, 0.6) is 0 Å². The van der Waals surface area contributed by atoms with Gasteiger partial charge in [0.2, 0.25) is 5.91 Å². The first-order chi connectivity index (χ1) is 9.66. The van der Waals surface area contributed by atoms with E-state index in [1.807, 2.05) is 6.07 Å². The second-order valence-electron chi connectivity index (χ2n) is 5.82. The van der Waals surface area contributed by atoms with Crippen LogP contribution in [0.3, 0.4) is 0 Å². The Morgan fingerprint density at radius 2 is 1.80 bits per heavy atom. The van der Waals surface area contributed by atoms with Gasteiger partial charge in [-0.15, -0.1) is 0 Å². The number of carbonyl (C=O) groups is 1. The molecule has 2 aromatic rings.